The molecule has 0 aliphatic heterocycles. The highest BCUT2D eigenvalue weighted by Gasteiger charge is 2.12. The number of hydrogen-bond donors (Lipinski definition) is 0. The first-order valence-corrected chi connectivity index (χ1v) is 6.79. The molecule has 2 aromatic carbocycles. The van der Waals surface area contributed by atoms with Crippen molar-refractivity contribution in [1.82, 2.24) is 0 Å². The molecule has 0 aromatic heterocycles. The highest BCUT2D eigenvalue weighted by atomic mass is 32.2. The van der Waals surface area contributed by atoms with Crippen molar-refractivity contribution in [2.45, 2.75) is 4.90 Å². The van der Waals surface area contributed by atoms with E-state index in [4.69, 9.17) is 4.18 Å². The second-order valence-electron chi connectivity index (χ2n) is 3.58. The van der Waals surface area contributed by atoms with Crippen molar-refractivity contribution in [1.29, 1.82) is 0 Å². The Morgan fingerprint density at radius 3 is 2.00 bits per heavy atom. The molecule has 92 valence electrons. The molecule has 0 bridgehead atoms. The predicted molar refractivity (Wildman–Crippen MR) is 70.2 cm³/mol. The average Bonchev–Trinajstić information content (AvgIpc) is 2.41. The minimum absolute atomic E-state index is 0.141. The standard InChI is InChI=1S/C14H12O3S/c15-18(16,14-9-5-2-6-10-14)17-12-11-13-7-3-1-4-8-13/h1-12H. The summed E-state index contributed by atoms with van der Waals surface area (Å²) in [7, 11) is -3.72. The van der Waals surface area contributed by atoms with E-state index >= 15 is 0 Å². The SMILES string of the molecule is O=S(=O)(OC=Cc1ccccc1)c1ccccc1. The van der Waals surface area contributed by atoms with E-state index in [1.165, 1.54) is 18.4 Å². The normalized spacial score (nSPS) is 11.6. The Bertz CT molecular complexity index is 617. The highest BCUT2D eigenvalue weighted by molar-refractivity contribution is 7.86. The summed E-state index contributed by atoms with van der Waals surface area (Å²) in [5, 5.41) is 0. The molecule has 18 heavy (non-hydrogen) atoms. The molecule has 0 aliphatic carbocycles. The van der Waals surface area contributed by atoms with Crippen LogP contribution in [0.3, 0.4) is 0 Å². The number of benzene rings is 2. The third-order valence-corrected chi connectivity index (χ3v) is 3.49. The third kappa shape index (κ3) is 3.21. The van der Waals surface area contributed by atoms with Crippen molar-refractivity contribution < 1.29 is 12.6 Å². The molecular weight excluding hydrogens is 248 g/mol. The maximum absolute atomic E-state index is 11.7. The maximum atomic E-state index is 11.7. The lowest BCUT2D eigenvalue weighted by Crippen LogP contribution is -2.01. The van der Waals surface area contributed by atoms with Crippen molar-refractivity contribution in [2.24, 2.45) is 0 Å². The van der Waals surface area contributed by atoms with E-state index in [1.54, 1.807) is 24.3 Å². The molecule has 2 aromatic rings. The Balaban J connectivity index is 2.09. The van der Waals surface area contributed by atoms with Crippen molar-refractivity contribution in [3.05, 3.63) is 72.5 Å². The average molecular weight is 260 g/mol. The van der Waals surface area contributed by atoms with Crippen LogP contribution < -0.4 is 0 Å². The van der Waals surface area contributed by atoms with Gasteiger partial charge < -0.3 is 4.18 Å². The molecule has 3 nitrogen and oxygen atoms in total. The van der Waals surface area contributed by atoms with Crippen LogP contribution in [0.1, 0.15) is 5.56 Å². The fourth-order valence-electron chi connectivity index (χ4n) is 1.39. The molecule has 0 radical (unpaired) electrons. The lowest BCUT2D eigenvalue weighted by molar-refractivity contribution is 0.446. The van der Waals surface area contributed by atoms with Gasteiger partial charge in [-0.15, -0.1) is 0 Å². The Hall–Kier alpha value is -2.07. The summed E-state index contributed by atoms with van der Waals surface area (Å²) in [6.45, 7) is 0. The molecule has 0 heterocycles. The molecule has 0 saturated heterocycles. The van der Waals surface area contributed by atoms with Crippen molar-refractivity contribution in [3.63, 3.8) is 0 Å². The minimum Gasteiger partial charge on any atom is -0.387 e. The van der Waals surface area contributed by atoms with Gasteiger partial charge in [0, 0.05) is 0 Å². The van der Waals surface area contributed by atoms with Gasteiger partial charge in [-0.2, -0.15) is 8.42 Å². The molecule has 0 amide bonds. The zero-order chi connectivity index (χ0) is 12.8. The van der Waals surface area contributed by atoms with Crippen LogP contribution in [0.2, 0.25) is 0 Å². The Labute approximate surface area is 106 Å². The van der Waals surface area contributed by atoms with Crippen molar-refractivity contribution in [2.75, 3.05) is 0 Å². The van der Waals surface area contributed by atoms with E-state index in [1.807, 2.05) is 30.3 Å². The molecule has 4 heteroatoms. The van der Waals surface area contributed by atoms with Crippen LogP contribution in [-0.4, -0.2) is 8.42 Å². The summed E-state index contributed by atoms with van der Waals surface area (Å²) in [6, 6.07) is 17.4. The molecule has 0 saturated carbocycles. The largest absolute Gasteiger partial charge is 0.387 e. The van der Waals surface area contributed by atoms with Crippen LogP contribution in [-0.2, 0) is 14.3 Å². The van der Waals surface area contributed by atoms with Crippen LogP contribution in [0, 0.1) is 0 Å². The van der Waals surface area contributed by atoms with Gasteiger partial charge in [-0.3, -0.25) is 0 Å². The molecule has 0 atom stereocenters. The van der Waals surface area contributed by atoms with E-state index in [0.29, 0.717) is 0 Å². The first-order chi connectivity index (χ1) is 8.68. The van der Waals surface area contributed by atoms with E-state index < -0.39 is 10.1 Å². The molecule has 0 unspecified atom stereocenters. The van der Waals surface area contributed by atoms with E-state index in [9.17, 15) is 8.42 Å². The lowest BCUT2D eigenvalue weighted by atomic mass is 10.2. The quantitative estimate of drug-likeness (QED) is 0.627. The number of rotatable bonds is 4. The van der Waals surface area contributed by atoms with Crippen LogP contribution >= 0.6 is 0 Å². The van der Waals surface area contributed by atoms with Gasteiger partial charge in [0.25, 0.3) is 0 Å². The Kier molecular flexibility index (Phi) is 3.79. The molecule has 0 aliphatic rings. The minimum atomic E-state index is -3.72. The van der Waals surface area contributed by atoms with Crippen LogP contribution in [0.15, 0.2) is 71.8 Å². The summed E-state index contributed by atoms with van der Waals surface area (Å²) in [6.07, 6.45) is 2.78. The fourth-order valence-corrected chi connectivity index (χ4v) is 2.19. The molecule has 0 spiro atoms. The monoisotopic (exact) mass is 260 g/mol. The first-order valence-electron chi connectivity index (χ1n) is 5.38. The van der Waals surface area contributed by atoms with Crippen LogP contribution in [0.5, 0.6) is 0 Å². The highest BCUT2D eigenvalue weighted by Crippen LogP contribution is 2.12. The summed E-state index contributed by atoms with van der Waals surface area (Å²) in [5.74, 6) is 0. The summed E-state index contributed by atoms with van der Waals surface area (Å²) < 4.78 is 28.3. The summed E-state index contributed by atoms with van der Waals surface area (Å²) in [4.78, 5) is 0.141. The second kappa shape index (κ2) is 5.51. The first kappa shape index (κ1) is 12.4. The Morgan fingerprint density at radius 1 is 0.833 bits per heavy atom. The summed E-state index contributed by atoms with van der Waals surface area (Å²) >= 11 is 0. The Morgan fingerprint density at radius 2 is 1.39 bits per heavy atom. The van der Waals surface area contributed by atoms with Crippen molar-refractivity contribution >= 4 is 16.2 Å². The fraction of sp³-hybridized carbons (Fsp3) is 0. The van der Waals surface area contributed by atoms with Crippen LogP contribution in [0.25, 0.3) is 6.08 Å². The van der Waals surface area contributed by atoms with Gasteiger partial charge in [0.2, 0.25) is 0 Å². The zero-order valence-corrected chi connectivity index (χ0v) is 10.4. The van der Waals surface area contributed by atoms with E-state index in [2.05, 4.69) is 0 Å². The lowest BCUT2D eigenvalue weighted by Gasteiger charge is -2.01. The zero-order valence-electron chi connectivity index (χ0n) is 9.56. The number of hydrogen-bond acceptors (Lipinski definition) is 3. The smallest absolute Gasteiger partial charge is 0.338 e. The van der Waals surface area contributed by atoms with Gasteiger partial charge in [0.05, 0.1) is 0 Å². The van der Waals surface area contributed by atoms with Gasteiger partial charge in [-0.25, -0.2) is 0 Å². The van der Waals surface area contributed by atoms with Gasteiger partial charge >= 0.3 is 10.1 Å². The molecule has 0 N–H and O–H groups in total. The van der Waals surface area contributed by atoms with Gasteiger partial charge in [0.15, 0.2) is 0 Å². The maximum Gasteiger partial charge on any atom is 0.338 e. The molecule has 2 rings (SSSR count). The van der Waals surface area contributed by atoms with Gasteiger partial charge in [-0.05, 0) is 23.8 Å². The molecule has 0 fully saturated rings. The van der Waals surface area contributed by atoms with Crippen molar-refractivity contribution in [3.8, 4) is 0 Å². The van der Waals surface area contributed by atoms with E-state index in [-0.39, 0.29) is 4.90 Å². The second-order valence-corrected chi connectivity index (χ2v) is 5.15. The summed E-state index contributed by atoms with van der Waals surface area (Å²) in [5.41, 5.74) is 0.876. The van der Waals surface area contributed by atoms with E-state index in [0.717, 1.165) is 5.56 Å². The van der Waals surface area contributed by atoms with Crippen LogP contribution in [0.4, 0.5) is 0 Å². The third-order valence-electron chi connectivity index (χ3n) is 2.27. The predicted octanol–water partition coefficient (Wildman–Crippen LogP) is 3.06. The van der Waals surface area contributed by atoms with Gasteiger partial charge in [-0.1, -0.05) is 48.5 Å². The molecular formula is C14H12O3S. The topological polar surface area (TPSA) is 43.4 Å². The van der Waals surface area contributed by atoms with Gasteiger partial charge in [0.1, 0.15) is 11.2 Å².